The third-order valence-corrected chi connectivity index (χ3v) is 2.17. The van der Waals surface area contributed by atoms with E-state index in [1.165, 1.54) is 0 Å². The smallest absolute Gasteiger partial charge is 0.122 e. The Morgan fingerprint density at radius 3 is 2.75 bits per heavy atom. The lowest BCUT2D eigenvalue weighted by atomic mass is 10.2. The fourth-order valence-corrected chi connectivity index (χ4v) is 1.48. The van der Waals surface area contributed by atoms with Crippen LogP contribution in [0.2, 0.25) is 0 Å². The first kappa shape index (κ1) is 10.6. The topological polar surface area (TPSA) is 69.6 Å². The van der Waals surface area contributed by atoms with Crippen LogP contribution in [0.3, 0.4) is 0 Å². The molecule has 0 radical (unpaired) electrons. The molecule has 0 atom stereocenters. The summed E-state index contributed by atoms with van der Waals surface area (Å²) in [6.45, 7) is 5.07. The summed E-state index contributed by atoms with van der Waals surface area (Å²) >= 11 is 0. The lowest BCUT2D eigenvalue weighted by molar-refractivity contribution is 0.489. The molecule has 2 aromatic heterocycles. The maximum absolute atomic E-state index is 5.88. The van der Waals surface area contributed by atoms with E-state index in [-0.39, 0.29) is 0 Å². The number of nitrogens with zero attached hydrogens (tertiary/aromatic N) is 4. The maximum atomic E-state index is 5.88. The highest BCUT2D eigenvalue weighted by Gasteiger charge is 2.08. The van der Waals surface area contributed by atoms with Gasteiger partial charge >= 0.3 is 0 Å². The van der Waals surface area contributed by atoms with E-state index < -0.39 is 0 Å². The average Bonchev–Trinajstić information content (AvgIpc) is 2.61. The number of nitrogens with two attached hydrogens (primary N) is 1. The molecule has 0 saturated carbocycles. The number of nitrogen functional groups attached to an aromatic ring is 1. The number of anilines is 1. The van der Waals surface area contributed by atoms with Gasteiger partial charge in [0.2, 0.25) is 0 Å². The summed E-state index contributed by atoms with van der Waals surface area (Å²) in [5.74, 6) is 1.17. The first-order valence-corrected chi connectivity index (χ1v) is 5.26. The Hall–Kier alpha value is -1.91. The summed E-state index contributed by atoms with van der Waals surface area (Å²) in [4.78, 5) is 8.20. The quantitative estimate of drug-likeness (QED) is 0.847. The summed E-state index contributed by atoms with van der Waals surface area (Å²) in [5.41, 5.74) is 7.40. The van der Waals surface area contributed by atoms with Crippen LogP contribution in [0.15, 0.2) is 24.7 Å². The standard InChI is InChI=1S/C11H15N5/c1-8(2)7-16-11(12)5-9(15-16)10-6-13-3-4-14-10/h3-6,8H,7,12H2,1-2H3. The average molecular weight is 217 g/mol. The summed E-state index contributed by atoms with van der Waals surface area (Å²) < 4.78 is 1.80. The second kappa shape index (κ2) is 4.30. The normalized spacial score (nSPS) is 10.9. The van der Waals surface area contributed by atoms with Crippen molar-refractivity contribution in [3.05, 3.63) is 24.7 Å². The van der Waals surface area contributed by atoms with Crippen molar-refractivity contribution in [2.24, 2.45) is 5.92 Å². The second-order valence-electron chi connectivity index (χ2n) is 4.12. The molecule has 0 aliphatic heterocycles. The molecule has 2 heterocycles. The molecule has 0 fully saturated rings. The predicted molar refractivity (Wildman–Crippen MR) is 62.5 cm³/mol. The molecule has 5 nitrogen and oxygen atoms in total. The van der Waals surface area contributed by atoms with Crippen molar-refractivity contribution in [1.29, 1.82) is 0 Å². The van der Waals surface area contributed by atoms with Gasteiger partial charge in [0, 0.05) is 25.0 Å². The first-order valence-electron chi connectivity index (χ1n) is 5.26. The molecule has 2 N–H and O–H groups in total. The number of hydrogen-bond donors (Lipinski definition) is 1. The molecule has 0 bridgehead atoms. The van der Waals surface area contributed by atoms with Gasteiger partial charge in [0.15, 0.2) is 0 Å². The van der Waals surface area contributed by atoms with Gasteiger partial charge in [-0.1, -0.05) is 13.8 Å². The zero-order chi connectivity index (χ0) is 11.5. The first-order chi connectivity index (χ1) is 7.66. The van der Waals surface area contributed by atoms with Crippen LogP contribution in [0.25, 0.3) is 11.4 Å². The van der Waals surface area contributed by atoms with Crippen molar-refractivity contribution in [2.75, 3.05) is 5.73 Å². The summed E-state index contributed by atoms with van der Waals surface area (Å²) in [6, 6.07) is 1.83. The van der Waals surface area contributed by atoms with E-state index in [0.717, 1.165) is 17.9 Å². The zero-order valence-corrected chi connectivity index (χ0v) is 9.46. The minimum absolute atomic E-state index is 0.511. The lowest BCUT2D eigenvalue weighted by Crippen LogP contribution is -2.09. The second-order valence-corrected chi connectivity index (χ2v) is 4.12. The van der Waals surface area contributed by atoms with Crippen molar-refractivity contribution < 1.29 is 0 Å². The van der Waals surface area contributed by atoms with E-state index in [1.807, 2.05) is 6.07 Å². The van der Waals surface area contributed by atoms with Crippen LogP contribution in [0.5, 0.6) is 0 Å². The van der Waals surface area contributed by atoms with Crippen molar-refractivity contribution in [1.82, 2.24) is 19.7 Å². The van der Waals surface area contributed by atoms with E-state index in [0.29, 0.717) is 11.7 Å². The van der Waals surface area contributed by atoms with Gasteiger partial charge in [-0.25, -0.2) is 4.68 Å². The fourth-order valence-electron chi connectivity index (χ4n) is 1.48. The van der Waals surface area contributed by atoms with Crippen LogP contribution in [0, 0.1) is 5.92 Å². The highest BCUT2D eigenvalue weighted by molar-refractivity contribution is 5.56. The van der Waals surface area contributed by atoms with Crippen LogP contribution in [0.1, 0.15) is 13.8 Å². The van der Waals surface area contributed by atoms with E-state index in [1.54, 1.807) is 23.3 Å². The SMILES string of the molecule is CC(C)Cn1nc(-c2cnccn2)cc1N. The molecule has 0 unspecified atom stereocenters. The predicted octanol–water partition coefficient (Wildman–Crippen LogP) is 1.58. The minimum atomic E-state index is 0.511. The van der Waals surface area contributed by atoms with Gasteiger partial charge in [-0.05, 0) is 5.92 Å². The Morgan fingerprint density at radius 2 is 2.12 bits per heavy atom. The monoisotopic (exact) mass is 217 g/mol. The summed E-state index contributed by atoms with van der Waals surface area (Å²) in [7, 11) is 0. The molecule has 16 heavy (non-hydrogen) atoms. The molecule has 2 rings (SSSR count). The molecule has 84 valence electrons. The number of hydrogen-bond acceptors (Lipinski definition) is 4. The van der Waals surface area contributed by atoms with Crippen LogP contribution in [-0.2, 0) is 6.54 Å². The molecule has 0 amide bonds. The minimum Gasteiger partial charge on any atom is -0.384 e. The summed E-state index contributed by atoms with van der Waals surface area (Å²) in [6.07, 6.45) is 4.96. The lowest BCUT2D eigenvalue weighted by Gasteiger charge is -2.05. The van der Waals surface area contributed by atoms with Gasteiger partial charge in [0.1, 0.15) is 17.2 Å². The van der Waals surface area contributed by atoms with Gasteiger partial charge in [-0.3, -0.25) is 9.97 Å². The Kier molecular flexibility index (Phi) is 2.85. The van der Waals surface area contributed by atoms with Gasteiger partial charge in [-0.2, -0.15) is 5.10 Å². The molecule has 0 saturated heterocycles. The molecule has 5 heteroatoms. The van der Waals surface area contributed by atoms with Gasteiger partial charge in [0.25, 0.3) is 0 Å². The van der Waals surface area contributed by atoms with Crippen molar-refractivity contribution >= 4 is 5.82 Å². The zero-order valence-electron chi connectivity index (χ0n) is 9.46. The molecule has 0 aliphatic rings. The molecule has 0 aliphatic carbocycles. The number of rotatable bonds is 3. The Morgan fingerprint density at radius 1 is 1.31 bits per heavy atom. The van der Waals surface area contributed by atoms with Crippen LogP contribution < -0.4 is 5.73 Å². The fraction of sp³-hybridized carbons (Fsp3) is 0.364. The van der Waals surface area contributed by atoms with E-state index in [4.69, 9.17) is 5.73 Å². The Balaban J connectivity index is 2.31. The van der Waals surface area contributed by atoms with Crippen LogP contribution in [-0.4, -0.2) is 19.7 Å². The third kappa shape index (κ3) is 2.18. The molecule has 0 spiro atoms. The van der Waals surface area contributed by atoms with Crippen LogP contribution in [0.4, 0.5) is 5.82 Å². The molecule has 0 aromatic carbocycles. The summed E-state index contributed by atoms with van der Waals surface area (Å²) in [5, 5.41) is 4.41. The molecule has 2 aromatic rings. The van der Waals surface area contributed by atoms with Gasteiger partial charge in [0.05, 0.1) is 6.20 Å². The van der Waals surface area contributed by atoms with Gasteiger partial charge in [-0.15, -0.1) is 0 Å². The van der Waals surface area contributed by atoms with Crippen LogP contribution >= 0.6 is 0 Å². The highest BCUT2D eigenvalue weighted by atomic mass is 15.3. The maximum Gasteiger partial charge on any atom is 0.122 e. The molecular formula is C11H15N5. The van der Waals surface area contributed by atoms with E-state index in [2.05, 4.69) is 28.9 Å². The molecular weight excluding hydrogens is 202 g/mol. The largest absolute Gasteiger partial charge is 0.384 e. The van der Waals surface area contributed by atoms with Crippen molar-refractivity contribution in [3.8, 4) is 11.4 Å². The van der Waals surface area contributed by atoms with Crippen molar-refractivity contribution in [3.63, 3.8) is 0 Å². The van der Waals surface area contributed by atoms with E-state index >= 15 is 0 Å². The van der Waals surface area contributed by atoms with Crippen molar-refractivity contribution in [2.45, 2.75) is 20.4 Å². The number of aromatic nitrogens is 4. The highest BCUT2D eigenvalue weighted by Crippen LogP contribution is 2.17. The van der Waals surface area contributed by atoms with Gasteiger partial charge < -0.3 is 5.73 Å². The Labute approximate surface area is 94.3 Å². The van der Waals surface area contributed by atoms with E-state index in [9.17, 15) is 0 Å². The third-order valence-electron chi connectivity index (χ3n) is 2.17. The Bertz CT molecular complexity index is 460.